The first-order valence-corrected chi connectivity index (χ1v) is 11.2. The number of aliphatic carboxylic acids is 1. The van der Waals surface area contributed by atoms with Crippen molar-refractivity contribution in [1.82, 2.24) is 10.2 Å². The second-order valence-electron chi connectivity index (χ2n) is 8.29. The van der Waals surface area contributed by atoms with E-state index >= 15 is 0 Å². The van der Waals surface area contributed by atoms with Gasteiger partial charge in [-0.25, -0.2) is 9.59 Å². The van der Waals surface area contributed by atoms with Gasteiger partial charge in [0.15, 0.2) is 6.10 Å². The molecule has 0 bridgehead atoms. The van der Waals surface area contributed by atoms with Gasteiger partial charge in [-0.05, 0) is 42.5 Å². The quantitative estimate of drug-likeness (QED) is 0.669. The lowest BCUT2D eigenvalue weighted by atomic mass is 9.98. The van der Waals surface area contributed by atoms with Crippen molar-refractivity contribution in [3.8, 4) is 11.1 Å². The first-order chi connectivity index (χ1) is 15.9. The van der Waals surface area contributed by atoms with Gasteiger partial charge >= 0.3 is 12.1 Å². The van der Waals surface area contributed by atoms with Gasteiger partial charge in [-0.2, -0.15) is 0 Å². The van der Waals surface area contributed by atoms with Crippen LogP contribution in [0.15, 0.2) is 48.5 Å². The minimum Gasteiger partial charge on any atom is -0.480 e. The molecular formula is C25H28N2O6. The second-order valence-corrected chi connectivity index (χ2v) is 8.29. The lowest BCUT2D eigenvalue weighted by Crippen LogP contribution is -2.53. The van der Waals surface area contributed by atoms with Crippen LogP contribution in [0.3, 0.4) is 0 Å². The van der Waals surface area contributed by atoms with Crippen molar-refractivity contribution in [2.24, 2.45) is 0 Å². The summed E-state index contributed by atoms with van der Waals surface area (Å²) in [4.78, 5) is 38.1. The van der Waals surface area contributed by atoms with E-state index in [1.807, 2.05) is 36.4 Å². The maximum absolute atomic E-state index is 12.9. The van der Waals surface area contributed by atoms with Gasteiger partial charge in [0.1, 0.15) is 12.6 Å². The molecule has 2 aromatic carbocycles. The zero-order valence-electron chi connectivity index (χ0n) is 18.7. The van der Waals surface area contributed by atoms with Gasteiger partial charge in [-0.1, -0.05) is 48.5 Å². The summed E-state index contributed by atoms with van der Waals surface area (Å²) in [6, 6.07) is 14.6. The first-order valence-electron chi connectivity index (χ1n) is 11.2. The Kier molecular flexibility index (Phi) is 6.65. The van der Waals surface area contributed by atoms with Gasteiger partial charge in [0.05, 0.1) is 6.04 Å². The zero-order chi connectivity index (χ0) is 23.5. The van der Waals surface area contributed by atoms with Crippen LogP contribution >= 0.6 is 0 Å². The van der Waals surface area contributed by atoms with E-state index in [2.05, 4.69) is 17.4 Å². The molecule has 3 atom stereocenters. The van der Waals surface area contributed by atoms with Gasteiger partial charge in [0.25, 0.3) is 5.91 Å². The summed E-state index contributed by atoms with van der Waals surface area (Å²) >= 11 is 0. The van der Waals surface area contributed by atoms with Crippen LogP contribution < -0.4 is 5.32 Å². The van der Waals surface area contributed by atoms with Crippen LogP contribution in [-0.4, -0.2) is 65.9 Å². The number of rotatable bonds is 7. The van der Waals surface area contributed by atoms with Crippen LogP contribution in [-0.2, 0) is 19.1 Å². The third-order valence-corrected chi connectivity index (χ3v) is 6.43. The molecule has 2 aromatic rings. The average molecular weight is 453 g/mol. The number of hydrogen-bond acceptors (Lipinski definition) is 5. The fourth-order valence-corrected chi connectivity index (χ4v) is 4.69. The molecule has 0 radical (unpaired) electrons. The summed E-state index contributed by atoms with van der Waals surface area (Å²) in [5.41, 5.74) is 4.52. The molecule has 8 nitrogen and oxygen atoms in total. The number of amides is 2. The van der Waals surface area contributed by atoms with Crippen LogP contribution in [0, 0.1) is 0 Å². The molecule has 1 aliphatic carbocycles. The minimum absolute atomic E-state index is 0.0626. The van der Waals surface area contributed by atoms with Gasteiger partial charge in [-0.15, -0.1) is 0 Å². The molecule has 3 unspecified atom stereocenters. The standard InChI is InChI=1S/C25H28N2O6/c1-3-27(15(2)24(29)30)23(28)22-21(12-13-32-22)26-25(31)33-14-20-18-10-6-4-8-16(18)17-9-5-7-11-19(17)20/h4-11,15,20-22H,3,12-14H2,1-2H3,(H,26,31)(H,29,30). The fraction of sp³-hybridized carbons (Fsp3) is 0.400. The number of ether oxygens (including phenoxy) is 2. The molecule has 8 heteroatoms. The fourth-order valence-electron chi connectivity index (χ4n) is 4.69. The summed E-state index contributed by atoms with van der Waals surface area (Å²) in [6.45, 7) is 3.85. The van der Waals surface area contributed by atoms with Gasteiger partial charge in [0, 0.05) is 19.1 Å². The molecule has 1 heterocycles. The van der Waals surface area contributed by atoms with E-state index in [1.165, 1.54) is 11.8 Å². The molecule has 0 saturated carbocycles. The normalized spacial score (nSPS) is 19.9. The Balaban J connectivity index is 1.40. The molecule has 2 N–H and O–H groups in total. The monoisotopic (exact) mass is 452 g/mol. The molecule has 4 rings (SSSR count). The maximum atomic E-state index is 12.9. The predicted molar refractivity (Wildman–Crippen MR) is 121 cm³/mol. The van der Waals surface area contributed by atoms with Gasteiger partial charge in [-0.3, -0.25) is 4.79 Å². The van der Waals surface area contributed by atoms with Crippen LogP contribution in [0.4, 0.5) is 4.79 Å². The van der Waals surface area contributed by atoms with E-state index in [0.717, 1.165) is 22.3 Å². The summed E-state index contributed by atoms with van der Waals surface area (Å²) < 4.78 is 11.1. The predicted octanol–water partition coefficient (Wildman–Crippen LogP) is 3.00. The van der Waals surface area contributed by atoms with E-state index in [0.29, 0.717) is 13.0 Å². The summed E-state index contributed by atoms with van der Waals surface area (Å²) in [5, 5.41) is 12.0. The molecule has 0 aromatic heterocycles. The highest BCUT2D eigenvalue weighted by Crippen LogP contribution is 2.44. The first kappa shape index (κ1) is 22.8. The third kappa shape index (κ3) is 4.43. The lowest BCUT2D eigenvalue weighted by Gasteiger charge is -2.29. The van der Waals surface area contributed by atoms with Crippen LogP contribution in [0.25, 0.3) is 11.1 Å². The number of hydrogen-bond donors (Lipinski definition) is 2. The van der Waals surface area contributed by atoms with Gasteiger partial charge in [0.2, 0.25) is 0 Å². The second kappa shape index (κ2) is 9.62. The van der Waals surface area contributed by atoms with E-state index in [4.69, 9.17) is 9.47 Å². The average Bonchev–Trinajstić information content (AvgIpc) is 3.40. The summed E-state index contributed by atoms with van der Waals surface area (Å²) in [7, 11) is 0. The SMILES string of the molecule is CCN(C(=O)C1OCCC1NC(=O)OCC1c2ccccc2-c2ccccc21)C(C)C(=O)O. The van der Waals surface area contributed by atoms with Crippen LogP contribution in [0.2, 0.25) is 0 Å². The van der Waals surface area contributed by atoms with Gasteiger partial charge < -0.3 is 24.8 Å². The molecular weight excluding hydrogens is 424 g/mol. The smallest absolute Gasteiger partial charge is 0.407 e. The van der Waals surface area contributed by atoms with Crippen molar-refractivity contribution in [3.63, 3.8) is 0 Å². The number of likely N-dealkylation sites (N-methyl/N-ethyl adjacent to an activating group) is 1. The number of benzene rings is 2. The summed E-state index contributed by atoms with van der Waals surface area (Å²) in [5.74, 6) is -1.61. The van der Waals surface area contributed by atoms with Crippen molar-refractivity contribution < 1.29 is 29.0 Å². The van der Waals surface area contributed by atoms with Crippen molar-refractivity contribution in [2.75, 3.05) is 19.8 Å². The molecule has 1 saturated heterocycles. The number of carboxylic acid groups (broad SMARTS) is 1. The number of fused-ring (bicyclic) bond motifs is 3. The van der Waals surface area contributed by atoms with Crippen LogP contribution in [0.1, 0.15) is 37.3 Å². The molecule has 33 heavy (non-hydrogen) atoms. The number of nitrogens with one attached hydrogen (secondary N) is 1. The molecule has 174 valence electrons. The van der Waals surface area contributed by atoms with Crippen molar-refractivity contribution in [2.45, 2.75) is 44.4 Å². The highest BCUT2D eigenvalue weighted by Gasteiger charge is 2.40. The third-order valence-electron chi connectivity index (χ3n) is 6.43. The molecule has 2 amide bonds. The number of carboxylic acids is 1. The Morgan fingerprint density at radius 3 is 2.30 bits per heavy atom. The zero-order valence-corrected chi connectivity index (χ0v) is 18.7. The topological polar surface area (TPSA) is 105 Å². The van der Waals surface area contributed by atoms with E-state index in [9.17, 15) is 19.5 Å². The maximum Gasteiger partial charge on any atom is 0.407 e. The Morgan fingerprint density at radius 1 is 1.12 bits per heavy atom. The molecule has 1 fully saturated rings. The molecule has 0 spiro atoms. The number of alkyl carbamates (subject to hydrolysis) is 1. The summed E-state index contributed by atoms with van der Waals surface area (Å²) in [6.07, 6.45) is -1.12. The number of nitrogens with zero attached hydrogens (tertiary/aromatic N) is 1. The van der Waals surface area contributed by atoms with Crippen molar-refractivity contribution in [1.29, 1.82) is 0 Å². The highest BCUT2D eigenvalue weighted by molar-refractivity contribution is 5.87. The number of carbonyl (C=O) groups is 3. The highest BCUT2D eigenvalue weighted by atomic mass is 16.6. The minimum atomic E-state index is -1.09. The Hall–Kier alpha value is -3.39. The Labute approximate surface area is 192 Å². The van der Waals surface area contributed by atoms with E-state index in [-0.39, 0.29) is 19.1 Å². The van der Waals surface area contributed by atoms with Crippen molar-refractivity contribution in [3.05, 3.63) is 59.7 Å². The van der Waals surface area contributed by atoms with Crippen LogP contribution in [0.5, 0.6) is 0 Å². The molecule has 1 aliphatic heterocycles. The Morgan fingerprint density at radius 2 is 1.73 bits per heavy atom. The molecule has 2 aliphatic rings. The number of carbonyl (C=O) groups excluding carboxylic acids is 2. The van der Waals surface area contributed by atoms with Crippen molar-refractivity contribution >= 4 is 18.0 Å². The largest absolute Gasteiger partial charge is 0.480 e. The Bertz CT molecular complexity index is 1010. The van der Waals surface area contributed by atoms with E-state index in [1.54, 1.807) is 6.92 Å². The lowest BCUT2D eigenvalue weighted by molar-refractivity contribution is -0.154. The van der Waals surface area contributed by atoms with E-state index < -0.39 is 36.2 Å².